The van der Waals surface area contributed by atoms with E-state index in [1.54, 1.807) is 0 Å². The van der Waals surface area contributed by atoms with Crippen molar-refractivity contribution in [3.05, 3.63) is 139 Å². The molecule has 0 saturated carbocycles. The molecule has 0 aliphatic heterocycles. The zero-order valence-corrected chi connectivity index (χ0v) is 28.5. The summed E-state index contributed by atoms with van der Waals surface area (Å²) in [5.74, 6) is 1.74. The van der Waals surface area contributed by atoms with Gasteiger partial charge in [0, 0.05) is 56.7 Å². The lowest BCUT2D eigenvalue weighted by Gasteiger charge is -2.16. The predicted octanol–water partition coefficient (Wildman–Crippen LogP) is 11.1. The van der Waals surface area contributed by atoms with E-state index in [9.17, 15) is 0 Å². The molecular formula is C45H39N3O2. The third kappa shape index (κ3) is 5.12. The Kier molecular flexibility index (Phi) is 7.61. The largest absolute Gasteiger partial charge is 0.494 e. The lowest BCUT2D eigenvalue weighted by atomic mass is 9.95. The predicted molar refractivity (Wildman–Crippen MR) is 205 cm³/mol. The van der Waals surface area contributed by atoms with Crippen LogP contribution in [0.25, 0.3) is 66.3 Å². The number of pyridine rings is 1. The van der Waals surface area contributed by atoms with E-state index in [1.165, 1.54) is 47.1 Å². The molecule has 50 heavy (non-hydrogen) atoms. The van der Waals surface area contributed by atoms with Crippen molar-refractivity contribution in [3.63, 3.8) is 0 Å². The minimum Gasteiger partial charge on any atom is -0.494 e. The number of benzene rings is 5. The van der Waals surface area contributed by atoms with Crippen LogP contribution in [0.3, 0.4) is 0 Å². The van der Waals surface area contributed by atoms with Crippen LogP contribution < -0.4 is 9.47 Å². The monoisotopic (exact) mass is 653 g/mol. The highest BCUT2D eigenvalue weighted by atomic mass is 16.5. The molecule has 0 radical (unpaired) electrons. The first-order valence-electron chi connectivity index (χ1n) is 17.8. The van der Waals surface area contributed by atoms with Gasteiger partial charge < -0.3 is 18.6 Å². The molecule has 3 heterocycles. The van der Waals surface area contributed by atoms with Crippen molar-refractivity contribution in [1.29, 1.82) is 0 Å². The summed E-state index contributed by atoms with van der Waals surface area (Å²) in [5, 5.41) is 3.69. The summed E-state index contributed by atoms with van der Waals surface area (Å²) in [6, 6.07) is 41.6. The first kappa shape index (κ1) is 30.3. The van der Waals surface area contributed by atoms with E-state index in [0.717, 1.165) is 67.7 Å². The lowest BCUT2D eigenvalue weighted by Crippen LogP contribution is -2.06. The molecule has 0 amide bonds. The van der Waals surface area contributed by atoms with Crippen LogP contribution in [0.4, 0.5) is 0 Å². The van der Waals surface area contributed by atoms with Gasteiger partial charge in [0.2, 0.25) is 0 Å². The molecule has 246 valence electrons. The maximum Gasteiger partial charge on any atom is 0.120 e. The minimum absolute atomic E-state index is 0.629. The summed E-state index contributed by atoms with van der Waals surface area (Å²) in [5.41, 5.74) is 13.4. The average molecular weight is 654 g/mol. The van der Waals surface area contributed by atoms with E-state index < -0.39 is 0 Å². The molecule has 0 spiro atoms. The summed E-state index contributed by atoms with van der Waals surface area (Å²) in [6.45, 7) is 5.29. The van der Waals surface area contributed by atoms with E-state index >= 15 is 0 Å². The van der Waals surface area contributed by atoms with Gasteiger partial charge in [-0.2, -0.15) is 0 Å². The van der Waals surface area contributed by atoms with Crippen LogP contribution in [0, 0.1) is 0 Å². The second-order valence-corrected chi connectivity index (χ2v) is 13.1. The molecule has 8 aromatic rings. The number of ether oxygens (including phenoxy) is 2. The number of aryl methyl sites for hydroxylation is 1. The fraction of sp³-hybridized carbons (Fsp3) is 0.178. The fourth-order valence-electron chi connectivity index (χ4n) is 7.92. The Morgan fingerprint density at radius 2 is 1.06 bits per heavy atom. The van der Waals surface area contributed by atoms with Crippen molar-refractivity contribution in [1.82, 2.24) is 14.1 Å². The second-order valence-electron chi connectivity index (χ2n) is 13.1. The number of para-hydroxylation sites is 1. The standard InChI is InChI=1S/C45H39N3O2/c1-3-49-36-21-23-44-40(26-36)41-27-37(50-4-2)22-24-45(41)48(44)35-19-15-31(16-20-35)33-25-32(28-46-29-33)30-13-17-34(18-14-30)47-42-11-7-5-9-38(42)39-10-6-8-12-43(39)47/h5,7,9,11,13-29H,3-4,6,8,10,12H2,1-2H3. The Morgan fingerprint density at radius 3 is 1.66 bits per heavy atom. The SMILES string of the molecule is CCOc1ccc2c(c1)c1cc(OCC)ccc1n2-c1ccc(-c2cncc(-c3ccc(-n4c5c(c6ccccc64)CCCC5)cc3)c2)cc1. The van der Waals surface area contributed by atoms with Crippen molar-refractivity contribution in [3.8, 4) is 45.1 Å². The molecule has 5 heteroatoms. The quantitative estimate of drug-likeness (QED) is 0.164. The van der Waals surface area contributed by atoms with E-state index in [-0.39, 0.29) is 0 Å². The van der Waals surface area contributed by atoms with Crippen LogP contribution in [-0.2, 0) is 12.8 Å². The molecule has 0 unspecified atom stereocenters. The molecule has 0 atom stereocenters. The summed E-state index contributed by atoms with van der Waals surface area (Å²) in [7, 11) is 0. The molecule has 1 aliphatic carbocycles. The number of nitrogens with zero attached hydrogens (tertiary/aromatic N) is 3. The van der Waals surface area contributed by atoms with Crippen molar-refractivity contribution >= 4 is 32.7 Å². The molecule has 1 aliphatic rings. The van der Waals surface area contributed by atoms with E-state index in [1.807, 2.05) is 26.2 Å². The highest BCUT2D eigenvalue weighted by Crippen LogP contribution is 2.38. The molecule has 0 N–H and O–H groups in total. The van der Waals surface area contributed by atoms with Crippen molar-refractivity contribution in [2.24, 2.45) is 0 Å². The van der Waals surface area contributed by atoms with E-state index in [0.29, 0.717) is 13.2 Å². The number of fused-ring (bicyclic) bond motifs is 6. The third-order valence-electron chi connectivity index (χ3n) is 10.2. The molecule has 5 nitrogen and oxygen atoms in total. The van der Waals surface area contributed by atoms with Crippen molar-refractivity contribution < 1.29 is 9.47 Å². The van der Waals surface area contributed by atoms with Gasteiger partial charge >= 0.3 is 0 Å². The van der Waals surface area contributed by atoms with Gasteiger partial charge in [-0.1, -0.05) is 42.5 Å². The summed E-state index contributed by atoms with van der Waals surface area (Å²) >= 11 is 0. The first-order valence-corrected chi connectivity index (χ1v) is 17.8. The van der Waals surface area contributed by atoms with Gasteiger partial charge in [0.05, 0.1) is 29.8 Å². The van der Waals surface area contributed by atoms with Gasteiger partial charge in [-0.05, 0) is 129 Å². The van der Waals surface area contributed by atoms with Gasteiger partial charge in [0.25, 0.3) is 0 Å². The maximum absolute atomic E-state index is 5.87. The Bertz CT molecular complexity index is 2440. The fourth-order valence-corrected chi connectivity index (χ4v) is 7.92. The van der Waals surface area contributed by atoms with Crippen molar-refractivity contribution in [2.45, 2.75) is 39.5 Å². The molecule has 5 aromatic carbocycles. The number of aromatic nitrogens is 3. The zero-order valence-electron chi connectivity index (χ0n) is 28.5. The number of hydrogen-bond donors (Lipinski definition) is 0. The lowest BCUT2D eigenvalue weighted by molar-refractivity contribution is 0.340. The van der Waals surface area contributed by atoms with Crippen LogP contribution in [0.15, 0.2) is 128 Å². The van der Waals surface area contributed by atoms with E-state index in [4.69, 9.17) is 9.47 Å². The molecule has 0 saturated heterocycles. The van der Waals surface area contributed by atoms with Crippen LogP contribution in [0.5, 0.6) is 11.5 Å². The summed E-state index contributed by atoms with van der Waals surface area (Å²) in [6.07, 6.45) is 8.75. The normalized spacial score (nSPS) is 12.8. The highest BCUT2D eigenvalue weighted by molar-refractivity contribution is 6.10. The van der Waals surface area contributed by atoms with Crippen molar-refractivity contribution in [2.75, 3.05) is 13.2 Å². The Morgan fingerprint density at radius 1 is 0.520 bits per heavy atom. The van der Waals surface area contributed by atoms with Gasteiger partial charge in [0.15, 0.2) is 0 Å². The second kappa shape index (κ2) is 12.6. The molecule has 0 bridgehead atoms. The number of rotatable bonds is 8. The van der Waals surface area contributed by atoms with Crippen LogP contribution in [0.1, 0.15) is 37.9 Å². The van der Waals surface area contributed by atoms with Gasteiger partial charge in [-0.25, -0.2) is 0 Å². The maximum atomic E-state index is 5.87. The molecule has 0 fully saturated rings. The van der Waals surface area contributed by atoms with Gasteiger partial charge in [0.1, 0.15) is 11.5 Å². The first-order chi connectivity index (χ1) is 24.7. The minimum atomic E-state index is 0.629. The average Bonchev–Trinajstić information content (AvgIpc) is 3.68. The van der Waals surface area contributed by atoms with Gasteiger partial charge in [-0.3, -0.25) is 4.98 Å². The summed E-state index contributed by atoms with van der Waals surface area (Å²) < 4.78 is 16.5. The van der Waals surface area contributed by atoms with Crippen LogP contribution in [-0.4, -0.2) is 27.3 Å². The third-order valence-corrected chi connectivity index (χ3v) is 10.2. The Balaban J connectivity index is 1.04. The molecular weight excluding hydrogens is 615 g/mol. The number of hydrogen-bond acceptors (Lipinski definition) is 3. The van der Waals surface area contributed by atoms with Crippen LogP contribution >= 0.6 is 0 Å². The highest BCUT2D eigenvalue weighted by Gasteiger charge is 2.21. The zero-order chi connectivity index (χ0) is 33.6. The Hall–Kier alpha value is -5.81. The van der Waals surface area contributed by atoms with E-state index in [2.05, 4.69) is 129 Å². The molecule has 3 aromatic heterocycles. The summed E-state index contributed by atoms with van der Waals surface area (Å²) in [4.78, 5) is 4.67. The smallest absolute Gasteiger partial charge is 0.120 e. The van der Waals surface area contributed by atoms with Gasteiger partial charge in [-0.15, -0.1) is 0 Å². The topological polar surface area (TPSA) is 41.2 Å². The molecule has 9 rings (SSSR count). The van der Waals surface area contributed by atoms with Crippen LogP contribution in [0.2, 0.25) is 0 Å². The Labute approximate surface area is 292 Å².